The number of hydrogen-bond acceptors (Lipinski definition) is 5. The lowest BCUT2D eigenvalue weighted by Gasteiger charge is -2.62. The van der Waals surface area contributed by atoms with Gasteiger partial charge in [-0.1, -0.05) is 20.8 Å². The number of aliphatic hydroxyl groups is 1. The smallest absolute Gasteiger partial charge is 0.306 e. The van der Waals surface area contributed by atoms with Crippen LogP contribution in [-0.4, -0.2) is 34.9 Å². The van der Waals surface area contributed by atoms with Crippen LogP contribution in [0.2, 0.25) is 0 Å². The molecule has 4 aliphatic rings. The van der Waals surface area contributed by atoms with E-state index in [1.54, 1.807) is 13.8 Å². The summed E-state index contributed by atoms with van der Waals surface area (Å²) < 4.78 is 5.85. The number of ether oxygens (including phenoxy) is 1. The highest BCUT2D eigenvalue weighted by atomic mass is 16.5. The first-order chi connectivity index (χ1) is 17.0. The number of hydrogen-bond donors (Lipinski definition) is 1. The molecule has 4 rings (SSSR count). The van der Waals surface area contributed by atoms with Gasteiger partial charge in [-0.15, -0.1) is 0 Å². The summed E-state index contributed by atoms with van der Waals surface area (Å²) >= 11 is 0. The second-order valence-corrected chi connectivity index (χ2v) is 13.4. The number of carbonyl (C=O) groups is 3. The highest BCUT2D eigenvalue weighted by molar-refractivity contribution is 5.76. The zero-order valence-electron chi connectivity index (χ0n) is 23.3. The van der Waals surface area contributed by atoms with Crippen molar-refractivity contribution in [2.45, 2.75) is 124 Å². The highest BCUT2D eigenvalue weighted by Gasteiger charge is 2.63. The van der Waals surface area contributed by atoms with E-state index in [1.807, 2.05) is 0 Å². The topological polar surface area (TPSA) is 80.7 Å². The van der Waals surface area contributed by atoms with Crippen LogP contribution in [0.25, 0.3) is 0 Å². The summed E-state index contributed by atoms with van der Waals surface area (Å²) in [7, 11) is 0. The Labute approximate surface area is 218 Å². The molecule has 1 radical (unpaired) electrons. The number of ketones is 2. The molecule has 1 N–H and O–H groups in total. The quantitative estimate of drug-likeness (QED) is 0.386. The molecule has 4 fully saturated rings. The summed E-state index contributed by atoms with van der Waals surface area (Å²) in [6, 6.07) is 0. The van der Waals surface area contributed by atoms with Crippen molar-refractivity contribution in [1.82, 2.24) is 0 Å². The van der Waals surface area contributed by atoms with E-state index in [9.17, 15) is 19.5 Å². The largest absolute Gasteiger partial charge is 0.462 e. The van der Waals surface area contributed by atoms with Crippen LogP contribution in [0.3, 0.4) is 0 Å². The van der Waals surface area contributed by atoms with Crippen LogP contribution >= 0.6 is 0 Å². The van der Waals surface area contributed by atoms with Gasteiger partial charge in [0.05, 0.1) is 6.10 Å². The van der Waals surface area contributed by atoms with E-state index in [-0.39, 0.29) is 40.6 Å². The van der Waals surface area contributed by atoms with Crippen molar-refractivity contribution in [3.05, 3.63) is 6.42 Å². The maximum absolute atomic E-state index is 12.3. The van der Waals surface area contributed by atoms with Crippen LogP contribution in [0.15, 0.2) is 0 Å². The summed E-state index contributed by atoms with van der Waals surface area (Å²) in [5.41, 5.74) is 0.112. The molecule has 0 aromatic rings. The van der Waals surface area contributed by atoms with E-state index >= 15 is 0 Å². The number of esters is 1. The molecule has 0 bridgehead atoms. The standard InChI is InChI=1S/C31H49O5/c1-19(9-10-21(3)33)25-13-14-26-24-12-11-22-17-23(36-29(35)8-6-7-20(2)32)15-16-30(22,4)27(24)18-28(34)31(25,26)5/h12,19,22-28,34H,6-11,13-18H2,1-5H3/t19?,22-,23+,24+,25-,26+,27+,28+,30+,31-/m1/s1. The molecule has 5 nitrogen and oxygen atoms in total. The van der Waals surface area contributed by atoms with Crippen LogP contribution in [0, 0.1) is 52.8 Å². The van der Waals surface area contributed by atoms with Gasteiger partial charge in [-0.2, -0.15) is 0 Å². The fourth-order valence-corrected chi connectivity index (χ4v) is 9.25. The van der Waals surface area contributed by atoms with Crippen molar-refractivity contribution in [2.75, 3.05) is 0 Å². The summed E-state index contributed by atoms with van der Waals surface area (Å²) in [6.07, 6.45) is 12.3. The number of carbonyl (C=O) groups excluding carboxylic acids is 3. The van der Waals surface area contributed by atoms with Crippen LogP contribution < -0.4 is 0 Å². The van der Waals surface area contributed by atoms with E-state index in [0.29, 0.717) is 61.2 Å². The zero-order valence-corrected chi connectivity index (χ0v) is 23.3. The first-order valence-electron chi connectivity index (χ1n) is 14.7. The van der Waals surface area contributed by atoms with Crippen molar-refractivity contribution in [2.24, 2.45) is 46.3 Å². The fraction of sp³-hybridized carbons (Fsp3) is 0.871. The van der Waals surface area contributed by atoms with Gasteiger partial charge in [0.2, 0.25) is 0 Å². The van der Waals surface area contributed by atoms with Gasteiger partial charge in [-0.3, -0.25) is 4.79 Å². The van der Waals surface area contributed by atoms with Crippen molar-refractivity contribution < 1.29 is 24.2 Å². The normalized spacial score (nSPS) is 42.6. The average molecular weight is 502 g/mol. The van der Waals surface area contributed by atoms with Crippen molar-refractivity contribution in [3.8, 4) is 0 Å². The molecule has 36 heavy (non-hydrogen) atoms. The molecular weight excluding hydrogens is 452 g/mol. The van der Waals surface area contributed by atoms with Crippen LogP contribution in [0.1, 0.15) is 112 Å². The predicted molar refractivity (Wildman–Crippen MR) is 140 cm³/mol. The highest BCUT2D eigenvalue weighted by Crippen LogP contribution is 2.68. The third kappa shape index (κ3) is 5.20. The summed E-state index contributed by atoms with van der Waals surface area (Å²) in [5.74, 6) is 3.21. The molecule has 0 heterocycles. The lowest BCUT2D eigenvalue weighted by atomic mass is 9.43. The minimum absolute atomic E-state index is 0.0189. The minimum Gasteiger partial charge on any atom is -0.462 e. The lowest BCUT2D eigenvalue weighted by molar-refractivity contribution is -0.171. The number of aliphatic hydroxyl groups excluding tert-OH is 1. The second-order valence-electron chi connectivity index (χ2n) is 13.4. The molecule has 4 aliphatic carbocycles. The average Bonchev–Trinajstić information content (AvgIpc) is 3.17. The number of Topliss-reactive ketones (excluding diaryl/α,β-unsaturated/α-hetero) is 2. The first-order valence-corrected chi connectivity index (χ1v) is 14.7. The predicted octanol–water partition coefficient (Wildman–Crippen LogP) is 6.11. The van der Waals surface area contributed by atoms with Gasteiger partial charge in [-0.05, 0) is 124 Å². The third-order valence-corrected chi connectivity index (χ3v) is 11.4. The van der Waals surface area contributed by atoms with Gasteiger partial charge in [0.25, 0.3) is 0 Å². The van der Waals surface area contributed by atoms with Gasteiger partial charge in [0.1, 0.15) is 17.7 Å². The molecule has 0 saturated heterocycles. The molecule has 10 atom stereocenters. The summed E-state index contributed by atoms with van der Waals surface area (Å²) in [4.78, 5) is 35.1. The molecule has 0 spiro atoms. The maximum Gasteiger partial charge on any atom is 0.306 e. The molecule has 203 valence electrons. The minimum atomic E-state index is -0.295. The summed E-state index contributed by atoms with van der Waals surface area (Å²) in [5, 5.41) is 11.7. The zero-order chi connectivity index (χ0) is 26.3. The van der Waals surface area contributed by atoms with Gasteiger partial charge in [0, 0.05) is 19.3 Å². The SMILES string of the molecule is CC(=O)CCCC(=O)O[C@H]1CC[C@@]2(C)[C@H](C[CH][C@@H]3[C@@H]2C[C@H](O)[C@]2(C)[C@@H](C(C)CCC(C)=O)CC[C@@H]32)C1. The van der Waals surface area contributed by atoms with Crippen molar-refractivity contribution in [3.63, 3.8) is 0 Å². The van der Waals surface area contributed by atoms with Crippen LogP contribution in [0.4, 0.5) is 0 Å². The molecule has 0 aliphatic heterocycles. The molecule has 0 aromatic carbocycles. The second kappa shape index (κ2) is 10.9. The number of rotatable bonds is 9. The Kier molecular flexibility index (Phi) is 8.39. The van der Waals surface area contributed by atoms with Gasteiger partial charge in [0.15, 0.2) is 0 Å². The van der Waals surface area contributed by atoms with Gasteiger partial charge >= 0.3 is 5.97 Å². The Morgan fingerprint density at radius 3 is 2.42 bits per heavy atom. The first kappa shape index (κ1) is 27.8. The molecule has 0 amide bonds. The molecule has 5 heteroatoms. The lowest BCUT2D eigenvalue weighted by Crippen LogP contribution is -2.59. The number of fused-ring (bicyclic) bond motifs is 5. The Morgan fingerprint density at radius 1 is 1.00 bits per heavy atom. The van der Waals surface area contributed by atoms with E-state index in [0.717, 1.165) is 44.9 Å². The van der Waals surface area contributed by atoms with Crippen LogP contribution in [-0.2, 0) is 19.1 Å². The van der Waals surface area contributed by atoms with Crippen molar-refractivity contribution >= 4 is 17.5 Å². The van der Waals surface area contributed by atoms with Crippen LogP contribution in [0.5, 0.6) is 0 Å². The van der Waals surface area contributed by atoms with Gasteiger partial charge in [-0.25, -0.2) is 0 Å². The molecule has 1 unspecified atom stereocenters. The monoisotopic (exact) mass is 501 g/mol. The summed E-state index contributed by atoms with van der Waals surface area (Å²) in [6.45, 7) is 10.3. The Hall–Kier alpha value is -1.23. The van der Waals surface area contributed by atoms with Gasteiger partial charge < -0.3 is 19.4 Å². The van der Waals surface area contributed by atoms with E-state index in [2.05, 4.69) is 27.2 Å². The van der Waals surface area contributed by atoms with E-state index in [1.165, 1.54) is 6.42 Å². The van der Waals surface area contributed by atoms with E-state index < -0.39 is 0 Å². The fourth-order valence-electron chi connectivity index (χ4n) is 9.25. The van der Waals surface area contributed by atoms with E-state index in [4.69, 9.17) is 4.74 Å². The third-order valence-electron chi connectivity index (χ3n) is 11.4. The Morgan fingerprint density at radius 2 is 1.72 bits per heavy atom. The molecule has 0 aromatic heterocycles. The van der Waals surface area contributed by atoms with Crippen molar-refractivity contribution in [1.29, 1.82) is 0 Å². The Bertz CT molecular complexity index is 837. The maximum atomic E-state index is 12.3. The molecular formula is C31H49O5. The molecule has 4 saturated carbocycles. The Balaban J connectivity index is 1.40.